The summed E-state index contributed by atoms with van der Waals surface area (Å²) in [7, 11) is 0. The number of aryl methyl sites for hydroxylation is 1. The van der Waals surface area contributed by atoms with E-state index in [0.717, 1.165) is 18.1 Å². The minimum atomic E-state index is 0.926. The van der Waals surface area contributed by atoms with E-state index in [4.69, 9.17) is 0 Å². The second-order valence-corrected chi connectivity index (χ2v) is 4.58. The van der Waals surface area contributed by atoms with Gasteiger partial charge in [-0.3, -0.25) is 0 Å². The van der Waals surface area contributed by atoms with Crippen LogP contribution in [0.4, 0.5) is 0 Å². The summed E-state index contributed by atoms with van der Waals surface area (Å²) >= 11 is 1.75. The van der Waals surface area contributed by atoms with Gasteiger partial charge < -0.3 is 5.32 Å². The second-order valence-electron chi connectivity index (χ2n) is 3.26. The van der Waals surface area contributed by atoms with Gasteiger partial charge in [-0.15, -0.1) is 11.3 Å². The SMILES string of the molecule is CC(C)=CCNCc1cnc(C)s1. The number of rotatable bonds is 4. The fourth-order valence-corrected chi connectivity index (χ4v) is 1.72. The first-order chi connectivity index (χ1) is 6.18. The van der Waals surface area contributed by atoms with Crippen LogP contribution in [-0.2, 0) is 6.54 Å². The minimum Gasteiger partial charge on any atom is -0.308 e. The lowest BCUT2D eigenvalue weighted by Gasteiger charge is -1.97. The number of aromatic nitrogens is 1. The standard InChI is InChI=1S/C10H16N2S/c1-8(2)4-5-11-6-10-7-12-9(3)13-10/h4,7,11H,5-6H2,1-3H3. The molecule has 1 heterocycles. The van der Waals surface area contributed by atoms with Gasteiger partial charge in [-0.25, -0.2) is 4.98 Å². The highest BCUT2D eigenvalue weighted by Gasteiger charge is 1.95. The Balaban J connectivity index is 2.24. The largest absolute Gasteiger partial charge is 0.308 e. The number of nitrogens with zero attached hydrogens (tertiary/aromatic N) is 1. The molecule has 0 amide bonds. The van der Waals surface area contributed by atoms with E-state index in [1.54, 1.807) is 11.3 Å². The Hall–Kier alpha value is -0.670. The lowest BCUT2D eigenvalue weighted by atomic mass is 10.3. The summed E-state index contributed by atoms with van der Waals surface area (Å²) in [6.07, 6.45) is 4.13. The van der Waals surface area contributed by atoms with Crippen LogP contribution in [0, 0.1) is 6.92 Å². The molecule has 0 aliphatic carbocycles. The molecule has 1 aromatic heterocycles. The lowest BCUT2D eigenvalue weighted by molar-refractivity contribution is 0.765. The van der Waals surface area contributed by atoms with E-state index >= 15 is 0 Å². The first kappa shape index (κ1) is 10.4. The van der Waals surface area contributed by atoms with E-state index in [1.165, 1.54) is 10.5 Å². The van der Waals surface area contributed by atoms with E-state index in [-0.39, 0.29) is 0 Å². The van der Waals surface area contributed by atoms with Crippen LogP contribution in [0.3, 0.4) is 0 Å². The van der Waals surface area contributed by atoms with E-state index in [2.05, 4.69) is 30.2 Å². The van der Waals surface area contributed by atoms with Crippen molar-refractivity contribution in [1.82, 2.24) is 10.3 Å². The quantitative estimate of drug-likeness (QED) is 0.591. The maximum Gasteiger partial charge on any atom is 0.0897 e. The van der Waals surface area contributed by atoms with Gasteiger partial charge in [-0.2, -0.15) is 0 Å². The van der Waals surface area contributed by atoms with Crippen LogP contribution in [0.2, 0.25) is 0 Å². The Morgan fingerprint density at radius 1 is 1.62 bits per heavy atom. The molecule has 0 saturated carbocycles. The van der Waals surface area contributed by atoms with Gasteiger partial charge >= 0.3 is 0 Å². The van der Waals surface area contributed by atoms with Crippen molar-refractivity contribution in [3.63, 3.8) is 0 Å². The number of thiazole rings is 1. The highest BCUT2D eigenvalue weighted by Crippen LogP contribution is 2.10. The van der Waals surface area contributed by atoms with Crippen molar-refractivity contribution in [1.29, 1.82) is 0 Å². The highest BCUT2D eigenvalue weighted by atomic mass is 32.1. The molecule has 3 heteroatoms. The van der Waals surface area contributed by atoms with Crippen LogP contribution in [0.5, 0.6) is 0 Å². The fourth-order valence-electron chi connectivity index (χ4n) is 0.959. The van der Waals surface area contributed by atoms with Crippen LogP contribution < -0.4 is 5.32 Å². The van der Waals surface area contributed by atoms with E-state index in [0.29, 0.717) is 0 Å². The Morgan fingerprint density at radius 2 is 2.38 bits per heavy atom. The Bertz CT molecular complexity index is 285. The van der Waals surface area contributed by atoms with Crippen LogP contribution in [-0.4, -0.2) is 11.5 Å². The highest BCUT2D eigenvalue weighted by molar-refractivity contribution is 7.11. The molecule has 2 nitrogen and oxygen atoms in total. The molecule has 1 N–H and O–H groups in total. The van der Waals surface area contributed by atoms with E-state index < -0.39 is 0 Å². The zero-order valence-corrected chi connectivity index (χ0v) is 9.24. The third-order valence-corrected chi connectivity index (χ3v) is 2.54. The van der Waals surface area contributed by atoms with Gasteiger partial charge in [0, 0.05) is 24.2 Å². The molecular formula is C10H16N2S. The summed E-state index contributed by atoms with van der Waals surface area (Å²) in [6.45, 7) is 8.12. The normalized spacial score (nSPS) is 10.1. The molecule has 0 unspecified atom stereocenters. The molecule has 0 bridgehead atoms. The minimum absolute atomic E-state index is 0.926. The van der Waals surface area contributed by atoms with Crippen molar-refractivity contribution in [2.75, 3.05) is 6.54 Å². The molecule has 13 heavy (non-hydrogen) atoms. The number of nitrogens with one attached hydrogen (secondary N) is 1. The number of hydrogen-bond acceptors (Lipinski definition) is 3. The van der Waals surface area contributed by atoms with Crippen LogP contribution in [0.15, 0.2) is 17.8 Å². The summed E-state index contributed by atoms with van der Waals surface area (Å²) in [5.41, 5.74) is 1.35. The van der Waals surface area contributed by atoms with Crippen molar-refractivity contribution in [3.8, 4) is 0 Å². The third kappa shape index (κ3) is 4.20. The molecule has 0 aromatic carbocycles. The molecule has 72 valence electrons. The average molecular weight is 196 g/mol. The summed E-state index contributed by atoms with van der Waals surface area (Å²) in [4.78, 5) is 5.50. The summed E-state index contributed by atoms with van der Waals surface area (Å²) in [5.74, 6) is 0. The van der Waals surface area contributed by atoms with Crippen LogP contribution in [0.1, 0.15) is 23.7 Å². The Labute approximate surface area is 83.7 Å². The van der Waals surface area contributed by atoms with Crippen molar-refractivity contribution in [3.05, 3.63) is 27.7 Å². The summed E-state index contributed by atoms with van der Waals surface area (Å²) in [6, 6.07) is 0. The van der Waals surface area contributed by atoms with Crippen molar-refractivity contribution < 1.29 is 0 Å². The van der Waals surface area contributed by atoms with Crippen LogP contribution in [0.25, 0.3) is 0 Å². The zero-order valence-electron chi connectivity index (χ0n) is 8.42. The molecule has 0 aliphatic heterocycles. The maximum atomic E-state index is 4.19. The first-order valence-corrected chi connectivity index (χ1v) is 5.25. The molecule has 0 atom stereocenters. The predicted molar refractivity (Wildman–Crippen MR) is 58.0 cm³/mol. The van der Waals surface area contributed by atoms with Gasteiger partial charge in [0.15, 0.2) is 0 Å². The summed E-state index contributed by atoms with van der Waals surface area (Å²) in [5, 5.41) is 4.48. The topological polar surface area (TPSA) is 24.9 Å². The van der Waals surface area contributed by atoms with Gasteiger partial charge in [0.05, 0.1) is 5.01 Å². The molecule has 1 rings (SSSR count). The van der Waals surface area contributed by atoms with Crippen molar-refractivity contribution in [2.24, 2.45) is 0 Å². The van der Waals surface area contributed by atoms with Crippen molar-refractivity contribution >= 4 is 11.3 Å². The fraction of sp³-hybridized carbons (Fsp3) is 0.500. The second kappa shape index (κ2) is 5.14. The van der Waals surface area contributed by atoms with Gasteiger partial charge in [-0.05, 0) is 20.8 Å². The van der Waals surface area contributed by atoms with E-state index in [9.17, 15) is 0 Å². The van der Waals surface area contributed by atoms with Crippen molar-refractivity contribution in [2.45, 2.75) is 27.3 Å². The predicted octanol–water partition coefficient (Wildman–Crippen LogP) is 2.51. The van der Waals surface area contributed by atoms with E-state index in [1.807, 2.05) is 13.1 Å². The molecular weight excluding hydrogens is 180 g/mol. The smallest absolute Gasteiger partial charge is 0.0897 e. The third-order valence-electron chi connectivity index (χ3n) is 1.62. The first-order valence-electron chi connectivity index (χ1n) is 4.44. The van der Waals surface area contributed by atoms with Gasteiger partial charge in [0.25, 0.3) is 0 Å². The van der Waals surface area contributed by atoms with Gasteiger partial charge in [-0.1, -0.05) is 11.6 Å². The number of hydrogen-bond donors (Lipinski definition) is 1. The Morgan fingerprint density at radius 3 is 2.92 bits per heavy atom. The molecule has 0 radical (unpaired) electrons. The maximum absolute atomic E-state index is 4.19. The average Bonchev–Trinajstić information content (AvgIpc) is 2.45. The molecule has 0 aliphatic rings. The molecule has 0 spiro atoms. The van der Waals surface area contributed by atoms with Gasteiger partial charge in [0.1, 0.15) is 0 Å². The van der Waals surface area contributed by atoms with Gasteiger partial charge in [0.2, 0.25) is 0 Å². The molecule has 1 aromatic rings. The lowest BCUT2D eigenvalue weighted by Crippen LogP contribution is -2.11. The summed E-state index contributed by atoms with van der Waals surface area (Å²) < 4.78 is 0. The van der Waals surface area contributed by atoms with Crippen LogP contribution >= 0.6 is 11.3 Å². The number of allylic oxidation sites excluding steroid dienone is 1. The Kier molecular flexibility index (Phi) is 4.12. The monoisotopic (exact) mass is 196 g/mol. The molecule has 0 fully saturated rings. The zero-order chi connectivity index (χ0) is 9.68. The molecule has 0 saturated heterocycles.